The minimum atomic E-state index is -3.65. The third-order valence-corrected chi connectivity index (χ3v) is 6.87. The smallest absolute Gasteiger partial charge is 0.349 e. The van der Waals surface area contributed by atoms with E-state index in [1.807, 2.05) is 0 Å². The first-order valence-electron chi connectivity index (χ1n) is 11.1. The molecule has 1 aliphatic rings. The molecule has 0 aliphatic heterocycles. The molecule has 2 aromatic heterocycles. The van der Waals surface area contributed by atoms with E-state index in [1.54, 1.807) is 35.8 Å². The number of amides is 1. The Kier molecular flexibility index (Phi) is 5.64. The van der Waals surface area contributed by atoms with E-state index in [2.05, 4.69) is 10.5 Å². The Hall–Kier alpha value is -3.26. The second kappa shape index (κ2) is 8.51. The fourth-order valence-electron chi connectivity index (χ4n) is 4.92. The van der Waals surface area contributed by atoms with Gasteiger partial charge in [0.15, 0.2) is 0 Å². The van der Waals surface area contributed by atoms with Crippen LogP contribution in [0, 0.1) is 6.92 Å². The van der Waals surface area contributed by atoms with Crippen LogP contribution < -0.4 is 10.9 Å². The van der Waals surface area contributed by atoms with Gasteiger partial charge in [-0.25, -0.2) is 0 Å². The summed E-state index contributed by atoms with van der Waals surface area (Å²) in [7, 11) is 0. The normalized spacial score (nSPS) is 18.9. The quantitative estimate of drug-likeness (QED) is 0.414. The molecule has 5 rings (SSSR count). The van der Waals surface area contributed by atoms with Gasteiger partial charge in [0.1, 0.15) is 16.7 Å². The van der Waals surface area contributed by atoms with Gasteiger partial charge < -0.3 is 14.4 Å². The summed E-state index contributed by atoms with van der Waals surface area (Å²) in [5.74, 6) is -4.60. The maximum absolute atomic E-state index is 14.7. The molecular weight excluding hydrogens is 464 g/mol. The molecule has 0 bridgehead atoms. The number of aryl methyl sites for hydroxylation is 1. The van der Waals surface area contributed by atoms with E-state index in [4.69, 9.17) is 16.1 Å². The Morgan fingerprint density at radius 1 is 1.15 bits per heavy atom. The SMILES string of the molecule is Cc1onc2c1c(=O)n(C1CCCC(NC(=O)C(F)(F)c3ccccc3)C1)c1cccc(Cl)c21. The number of pyridine rings is 1. The number of benzene rings is 2. The highest BCUT2D eigenvalue weighted by Gasteiger charge is 2.42. The van der Waals surface area contributed by atoms with Crippen LogP contribution in [-0.4, -0.2) is 21.7 Å². The van der Waals surface area contributed by atoms with Crippen LogP contribution in [0.15, 0.2) is 57.8 Å². The van der Waals surface area contributed by atoms with Gasteiger partial charge in [-0.2, -0.15) is 8.78 Å². The summed E-state index contributed by atoms with van der Waals surface area (Å²) in [6.45, 7) is 1.67. The number of fused-ring (bicyclic) bond motifs is 3. The zero-order chi connectivity index (χ0) is 24.0. The van der Waals surface area contributed by atoms with E-state index in [0.717, 1.165) is 0 Å². The molecule has 1 amide bonds. The lowest BCUT2D eigenvalue weighted by Gasteiger charge is -2.32. The summed E-state index contributed by atoms with van der Waals surface area (Å²) in [4.78, 5) is 26.0. The van der Waals surface area contributed by atoms with Crippen molar-refractivity contribution in [2.24, 2.45) is 0 Å². The molecule has 0 radical (unpaired) electrons. The average molecular weight is 486 g/mol. The second-order valence-corrected chi connectivity index (χ2v) is 9.11. The third-order valence-electron chi connectivity index (χ3n) is 6.55. The highest BCUT2D eigenvalue weighted by atomic mass is 35.5. The number of carbonyl (C=O) groups is 1. The molecule has 6 nitrogen and oxygen atoms in total. The molecule has 4 aromatic rings. The maximum Gasteiger partial charge on any atom is 0.349 e. The minimum absolute atomic E-state index is 0.268. The van der Waals surface area contributed by atoms with Crippen molar-refractivity contribution in [1.29, 1.82) is 0 Å². The predicted octanol–water partition coefficient (Wildman–Crippen LogP) is 5.50. The van der Waals surface area contributed by atoms with Crippen molar-refractivity contribution in [3.05, 3.63) is 75.2 Å². The number of aromatic nitrogens is 2. The van der Waals surface area contributed by atoms with Gasteiger partial charge in [0, 0.05) is 23.0 Å². The average Bonchev–Trinajstić information content (AvgIpc) is 3.21. The van der Waals surface area contributed by atoms with Crippen LogP contribution >= 0.6 is 11.6 Å². The molecule has 1 saturated carbocycles. The van der Waals surface area contributed by atoms with Gasteiger partial charge in [0.25, 0.3) is 11.5 Å². The molecule has 0 spiro atoms. The highest BCUT2D eigenvalue weighted by molar-refractivity contribution is 6.37. The summed E-state index contributed by atoms with van der Waals surface area (Å²) in [5.41, 5.74) is 0.382. The number of nitrogens with one attached hydrogen (secondary N) is 1. The third kappa shape index (κ3) is 3.66. The zero-order valence-corrected chi connectivity index (χ0v) is 19.1. The molecule has 2 atom stereocenters. The monoisotopic (exact) mass is 485 g/mol. The predicted molar refractivity (Wildman–Crippen MR) is 125 cm³/mol. The van der Waals surface area contributed by atoms with Crippen molar-refractivity contribution in [2.75, 3.05) is 0 Å². The van der Waals surface area contributed by atoms with Crippen molar-refractivity contribution in [1.82, 2.24) is 15.0 Å². The number of halogens is 3. The van der Waals surface area contributed by atoms with Crippen LogP contribution in [0.5, 0.6) is 0 Å². The maximum atomic E-state index is 14.7. The molecule has 0 saturated heterocycles. The molecular formula is C25H22ClF2N3O3. The first kappa shape index (κ1) is 22.5. The Labute approximate surface area is 198 Å². The number of nitrogens with zero attached hydrogens (tertiary/aromatic N) is 2. The lowest BCUT2D eigenvalue weighted by atomic mass is 9.89. The number of carbonyl (C=O) groups excluding carboxylic acids is 1. The van der Waals surface area contributed by atoms with E-state index in [9.17, 15) is 18.4 Å². The van der Waals surface area contributed by atoms with Gasteiger partial charge in [-0.05, 0) is 44.7 Å². The molecule has 2 heterocycles. The van der Waals surface area contributed by atoms with E-state index in [1.165, 1.54) is 24.3 Å². The number of rotatable bonds is 4. The molecule has 1 N–H and O–H groups in total. The van der Waals surface area contributed by atoms with E-state index in [-0.39, 0.29) is 17.2 Å². The summed E-state index contributed by atoms with van der Waals surface area (Å²) in [6.07, 6.45) is 2.23. The van der Waals surface area contributed by atoms with Crippen molar-refractivity contribution >= 4 is 39.3 Å². The van der Waals surface area contributed by atoms with Crippen LogP contribution in [-0.2, 0) is 10.7 Å². The van der Waals surface area contributed by atoms with Gasteiger partial charge in [-0.3, -0.25) is 9.59 Å². The number of alkyl halides is 2. The second-order valence-electron chi connectivity index (χ2n) is 8.70. The molecule has 34 heavy (non-hydrogen) atoms. The fourth-order valence-corrected chi connectivity index (χ4v) is 5.18. The van der Waals surface area contributed by atoms with Gasteiger partial charge >= 0.3 is 5.92 Å². The van der Waals surface area contributed by atoms with Crippen LogP contribution in [0.2, 0.25) is 5.02 Å². The number of hydrogen-bond acceptors (Lipinski definition) is 4. The Morgan fingerprint density at radius 3 is 2.68 bits per heavy atom. The van der Waals surface area contributed by atoms with Crippen molar-refractivity contribution in [3.8, 4) is 0 Å². The Bertz CT molecular complexity index is 1450. The molecule has 176 valence electrons. The summed E-state index contributed by atoms with van der Waals surface area (Å²) in [5, 5.41) is 7.97. The molecule has 9 heteroatoms. The van der Waals surface area contributed by atoms with Crippen LogP contribution in [0.25, 0.3) is 21.8 Å². The molecule has 2 aromatic carbocycles. The largest absolute Gasteiger partial charge is 0.360 e. The standard InChI is InChI=1S/C25H22ClF2N3O3/c1-14-20-22(30-34-14)21-18(26)11-6-12-19(21)31(23(20)32)17-10-5-9-16(13-17)29-24(33)25(27,28)15-7-3-2-4-8-15/h2-4,6-8,11-12,16-17H,5,9-10,13H2,1H3,(H,29,33). The lowest BCUT2D eigenvalue weighted by molar-refractivity contribution is -0.148. The van der Waals surface area contributed by atoms with Gasteiger partial charge in [-0.15, -0.1) is 0 Å². The van der Waals surface area contributed by atoms with Crippen molar-refractivity contribution in [2.45, 2.75) is 50.6 Å². The van der Waals surface area contributed by atoms with E-state index < -0.39 is 17.9 Å². The van der Waals surface area contributed by atoms with Crippen molar-refractivity contribution < 1.29 is 18.1 Å². The highest BCUT2D eigenvalue weighted by Crippen LogP contribution is 2.36. The summed E-state index contributed by atoms with van der Waals surface area (Å²) < 4.78 is 36.4. The van der Waals surface area contributed by atoms with Gasteiger partial charge in [-0.1, -0.05) is 53.2 Å². The molecule has 2 unspecified atom stereocenters. The van der Waals surface area contributed by atoms with E-state index in [0.29, 0.717) is 58.3 Å². The van der Waals surface area contributed by atoms with E-state index >= 15 is 0 Å². The first-order chi connectivity index (χ1) is 16.3. The zero-order valence-electron chi connectivity index (χ0n) is 18.4. The number of hydrogen-bond donors (Lipinski definition) is 1. The molecule has 1 fully saturated rings. The minimum Gasteiger partial charge on any atom is -0.360 e. The van der Waals surface area contributed by atoms with Gasteiger partial charge in [0.2, 0.25) is 0 Å². The molecule has 1 aliphatic carbocycles. The Morgan fingerprint density at radius 2 is 1.91 bits per heavy atom. The van der Waals surface area contributed by atoms with Crippen molar-refractivity contribution in [3.63, 3.8) is 0 Å². The van der Waals surface area contributed by atoms with Crippen LogP contribution in [0.3, 0.4) is 0 Å². The van der Waals surface area contributed by atoms with Gasteiger partial charge in [0.05, 0.1) is 10.5 Å². The lowest BCUT2D eigenvalue weighted by Crippen LogP contribution is -2.46. The fraction of sp³-hybridized carbons (Fsp3) is 0.320. The van der Waals surface area contributed by atoms with Crippen LogP contribution in [0.4, 0.5) is 8.78 Å². The summed E-state index contributed by atoms with van der Waals surface area (Å²) >= 11 is 6.48. The topological polar surface area (TPSA) is 77.1 Å². The first-order valence-corrected chi connectivity index (χ1v) is 11.5. The Balaban J connectivity index is 1.50. The van der Waals surface area contributed by atoms with Crippen LogP contribution in [0.1, 0.15) is 43.0 Å². The summed E-state index contributed by atoms with van der Waals surface area (Å²) in [6, 6.07) is 11.5.